The minimum atomic E-state index is -3.86. The highest BCUT2D eigenvalue weighted by Gasteiger charge is 2.61. The van der Waals surface area contributed by atoms with E-state index in [-0.39, 0.29) is 10.9 Å². The molecule has 0 aromatic heterocycles. The predicted octanol–water partition coefficient (Wildman–Crippen LogP) is 4.58. The van der Waals surface area contributed by atoms with Gasteiger partial charge in [0.15, 0.2) is 9.84 Å². The number of aryl methyl sites for hydroxylation is 1. The van der Waals surface area contributed by atoms with Crippen LogP contribution < -0.4 is 0 Å². The van der Waals surface area contributed by atoms with Gasteiger partial charge in [-0.3, -0.25) is 0 Å². The first-order chi connectivity index (χ1) is 14.0. The Morgan fingerprint density at radius 3 is 2.47 bits per heavy atom. The third kappa shape index (κ3) is 3.38. The minimum Gasteiger partial charge on any atom is -0.242 e. The molecule has 2 aliphatic rings. The first kappa shape index (κ1) is 22.4. The first-order valence-electron chi connectivity index (χ1n) is 9.96. The Hall–Kier alpha value is -0.840. The SMILES string of the molecule is CC(C)(C)[S@@](=O)N1CC[C@@]2(S(=O)(=O)c3ccc(F)cc3)c3ccc(I)cc3CC[C@@H]12. The molecule has 0 saturated carbocycles. The van der Waals surface area contributed by atoms with E-state index in [0.717, 1.165) is 21.1 Å². The van der Waals surface area contributed by atoms with Gasteiger partial charge in [-0.05, 0) is 110 Å². The van der Waals surface area contributed by atoms with Crippen LogP contribution in [-0.2, 0) is 32.0 Å². The van der Waals surface area contributed by atoms with E-state index >= 15 is 0 Å². The van der Waals surface area contributed by atoms with E-state index in [2.05, 4.69) is 28.7 Å². The molecule has 1 fully saturated rings. The van der Waals surface area contributed by atoms with Gasteiger partial charge in [-0.1, -0.05) is 6.07 Å². The molecule has 30 heavy (non-hydrogen) atoms. The van der Waals surface area contributed by atoms with Gasteiger partial charge in [-0.2, -0.15) is 0 Å². The molecule has 2 aromatic carbocycles. The lowest BCUT2D eigenvalue weighted by Crippen LogP contribution is -2.52. The molecular weight excluding hydrogens is 536 g/mol. The quantitative estimate of drug-likeness (QED) is 0.408. The highest BCUT2D eigenvalue weighted by Crippen LogP contribution is 2.53. The molecule has 0 amide bonds. The highest BCUT2D eigenvalue weighted by molar-refractivity contribution is 14.1. The van der Waals surface area contributed by atoms with Crippen molar-refractivity contribution in [2.75, 3.05) is 6.54 Å². The molecule has 1 aliphatic heterocycles. The predicted molar refractivity (Wildman–Crippen MR) is 126 cm³/mol. The third-order valence-corrected chi connectivity index (χ3v) is 11.3. The second-order valence-electron chi connectivity index (χ2n) is 8.96. The van der Waals surface area contributed by atoms with E-state index in [4.69, 9.17) is 0 Å². The molecule has 2 aromatic rings. The first-order valence-corrected chi connectivity index (χ1v) is 13.6. The van der Waals surface area contributed by atoms with Crippen LogP contribution in [0, 0.1) is 9.39 Å². The number of halogens is 2. The number of benzene rings is 2. The zero-order valence-electron chi connectivity index (χ0n) is 17.2. The summed E-state index contributed by atoms with van der Waals surface area (Å²) in [5, 5.41) is 0. The Bertz CT molecular complexity index is 1110. The summed E-state index contributed by atoms with van der Waals surface area (Å²) in [4.78, 5) is 0.115. The topological polar surface area (TPSA) is 54.5 Å². The fourth-order valence-corrected chi connectivity index (χ4v) is 9.30. The smallest absolute Gasteiger partial charge is 0.189 e. The zero-order valence-corrected chi connectivity index (χ0v) is 21.0. The van der Waals surface area contributed by atoms with Gasteiger partial charge in [0.2, 0.25) is 0 Å². The van der Waals surface area contributed by atoms with E-state index < -0.39 is 36.1 Å². The molecule has 8 heteroatoms. The van der Waals surface area contributed by atoms with Gasteiger partial charge in [0.25, 0.3) is 0 Å². The summed E-state index contributed by atoms with van der Waals surface area (Å²) in [6.45, 7) is 6.19. The minimum absolute atomic E-state index is 0.115. The number of fused-ring (bicyclic) bond motifs is 3. The number of hydrogen-bond donors (Lipinski definition) is 0. The van der Waals surface area contributed by atoms with Crippen LogP contribution in [0.1, 0.15) is 44.7 Å². The van der Waals surface area contributed by atoms with Crippen LogP contribution in [0.15, 0.2) is 47.4 Å². The van der Waals surface area contributed by atoms with Crippen molar-refractivity contribution in [1.82, 2.24) is 4.31 Å². The molecule has 1 heterocycles. The standard InChI is InChI=1S/C22H25FINO3S2/c1-21(2,3)29(26)25-13-12-22(30(27,28)18-8-5-16(23)6-9-18)19-10-7-17(24)14-15(19)4-11-20(22)25/h5-10,14,20H,4,11-13H2,1-3H3/t20-,22-,29-/m1/s1. The van der Waals surface area contributed by atoms with E-state index in [1.807, 2.05) is 37.2 Å². The van der Waals surface area contributed by atoms with Crippen LogP contribution in [0.2, 0.25) is 0 Å². The van der Waals surface area contributed by atoms with Crippen molar-refractivity contribution in [3.05, 3.63) is 63.0 Å². The van der Waals surface area contributed by atoms with Crippen molar-refractivity contribution in [2.45, 2.75) is 60.5 Å². The molecule has 4 rings (SSSR count). The van der Waals surface area contributed by atoms with Crippen molar-refractivity contribution >= 4 is 43.4 Å². The largest absolute Gasteiger partial charge is 0.242 e. The van der Waals surface area contributed by atoms with Crippen LogP contribution in [0.3, 0.4) is 0 Å². The summed E-state index contributed by atoms with van der Waals surface area (Å²) < 4.78 is 56.4. The van der Waals surface area contributed by atoms with E-state index in [1.165, 1.54) is 24.3 Å². The lowest BCUT2D eigenvalue weighted by Gasteiger charge is -2.43. The van der Waals surface area contributed by atoms with Crippen molar-refractivity contribution in [3.8, 4) is 0 Å². The fraction of sp³-hybridized carbons (Fsp3) is 0.455. The second-order valence-corrected chi connectivity index (χ2v) is 14.6. The Morgan fingerprint density at radius 2 is 1.83 bits per heavy atom. The van der Waals surface area contributed by atoms with Crippen molar-refractivity contribution in [1.29, 1.82) is 0 Å². The molecule has 0 N–H and O–H groups in total. The lowest BCUT2D eigenvalue weighted by atomic mass is 9.79. The summed E-state index contributed by atoms with van der Waals surface area (Å²) in [6.07, 6.45) is 1.73. The average Bonchev–Trinajstić information content (AvgIpc) is 3.08. The summed E-state index contributed by atoms with van der Waals surface area (Å²) in [5.41, 5.74) is 1.84. The van der Waals surface area contributed by atoms with Crippen molar-refractivity contribution < 1.29 is 17.0 Å². The molecule has 0 spiro atoms. The van der Waals surface area contributed by atoms with Gasteiger partial charge < -0.3 is 0 Å². The molecule has 4 nitrogen and oxygen atoms in total. The molecule has 1 saturated heterocycles. The molecule has 3 atom stereocenters. The normalized spacial score (nSPS) is 25.6. The second kappa shape index (κ2) is 7.64. The van der Waals surface area contributed by atoms with Gasteiger partial charge in [-0.25, -0.2) is 21.3 Å². The summed E-state index contributed by atoms with van der Waals surface area (Å²) in [6, 6.07) is 10.6. The van der Waals surface area contributed by atoms with Crippen molar-refractivity contribution in [2.24, 2.45) is 0 Å². The summed E-state index contributed by atoms with van der Waals surface area (Å²) in [5.74, 6) is -0.469. The lowest BCUT2D eigenvalue weighted by molar-refractivity contribution is 0.325. The summed E-state index contributed by atoms with van der Waals surface area (Å²) >= 11 is 2.24. The zero-order chi connectivity index (χ0) is 21.9. The van der Waals surface area contributed by atoms with Crippen LogP contribution >= 0.6 is 22.6 Å². The van der Waals surface area contributed by atoms with Crippen LogP contribution in [-0.4, -0.2) is 34.3 Å². The van der Waals surface area contributed by atoms with Crippen LogP contribution in [0.5, 0.6) is 0 Å². The van der Waals surface area contributed by atoms with Gasteiger partial charge in [0, 0.05) is 16.2 Å². The Balaban J connectivity index is 1.94. The average molecular weight is 561 g/mol. The third-order valence-electron chi connectivity index (χ3n) is 6.14. The van der Waals surface area contributed by atoms with Gasteiger partial charge >= 0.3 is 0 Å². The van der Waals surface area contributed by atoms with E-state index in [9.17, 15) is 17.0 Å². The number of nitrogens with zero attached hydrogens (tertiary/aromatic N) is 1. The Morgan fingerprint density at radius 1 is 1.17 bits per heavy atom. The van der Waals surface area contributed by atoms with Gasteiger partial charge in [0.05, 0.1) is 9.64 Å². The van der Waals surface area contributed by atoms with Gasteiger partial charge in [0.1, 0.15) is 21.5 Å². The number of rotatable bonds is 3. The Kier molecular flexibility index (Phi) is 5.69. The van der Waals surface area contributed by atoms with Crippen LogP contribution in [0.4, 0.5) is 4.39 Å². The van der Waals surface area contributed by atoms with Crippen LogP contribution in [0.25, 0.3) is 0 Å². The molecule has 0 radical (unpaired) electrons. The maximum Gasteiger partial charge on any atom is 0.189 e. The van der Waals surface area contributed by atoms with E-state index in [1.54, 1.807) is 0 Å². The Labute approximate surface area is 193 Å². The highest BCUT2D eigenvalue weighted by atomic mass is 127. The summed E-state index contributed by atoms with van der Waals surface area (Å²) in [7, 11) is -5.19. The molecule has 1 aliphatic carbocycles. The monoisotopic (exact) mass is 561 g/mol. The molecule has 0 bridgehead atoms. The van der Waals surface area contributed by atoms with E-state index in [0.29, 0.717) is 19.4 Å². The maximum atomic E-state index is 14.1. The maximum absolute atomic E-state index is 14.1. The number of sulfone groups is 1. The molecule has 0 unspecified atom stereocenters. The number of hydrogen-bond acceptors (Lipinski definition) is 3. The molecule has 162 valence electrons. The fourth-order valence-electron chi connectivity index (χ4n) is 4.83. The molecular formula is C22H25FINO3S2. The van der Waals surface area contributed by atoms with Crippen molar-refractivity contribution in [3.63, 3.8) is 0 Å². The van der Waals surface area contributed by atoms with Gasteiger partial charge in [-0.15, -0.1) is 0 Å².